The van der Waals surface area contributed by atoms with Gasteiger partial charge in [-0.25, -0.2) is 14.8 Å². The van der Waals surface area contributed by atoms with Gasteiger partial charge in [0, 0.05) is 18.0 Å². The average Bonchev–Trinajstić information content (AvgIpc) is 3.34. The van der Waals surface area contributed by atoms with Crippen LogP contribution in [-0.4, -0.2) is 27.9 Å². The molecule has 0 radical (unpaired) electrons. The molecule has 0 aliphatic carbocycles. The second-order valence-corrected chi connectivity index (χ2v) is 8.80. The molecule has 2 heterocycles. The first kappa shape index (κ1) is 27.2. The van der Waals surface area contributed by atoms with Crippen molar-refractivity contribution in [1.82, 2.24) is 15.1 Å². The maximum atomic E-state index is 12.0. The monoisotopic (exact) mass is 495 g/mol. The van der Waals surface area contributed by atoms with E-state index in [1.807, 2.05) is 19.3 Å². The number of aryl methyl sites for hydroxylation is 1. The number of aromatic nitrogens is 3. The lowest BCUT2D eigenvalue weighted by atomic mass is 10.1. The predicted octanol–water partition coefficient (Wildman–Crippen LogP) is 7.57. The summed E-state index contributed by atoms with van der Waals surface area (Å²) in [5.41, 5.74) is 1.98. The Morgan fingerprint density at radius 3 is 2.17 bits per heavy atom. The number of nitrogens with zero attached hydrogens (tertiary/aromatic N) is 3. The van der Waals surface area contributed by atoms with Gasteiger partial charge in [0.05, 0.1) is 12.7 Å². The first-order chi connectivity index (χ1) is 17.7. The first-order valence-electron chi connectivity index (χ1n) is 13.1. The summed E-state index contributed by atoms with van der Waals surface area (Å²) < 4.78 is 20.4. The fourth-order valence-corrected chi connectivity index (χ4v) is 3.71. The van der Waals surface area contributed by atoms with E-state index in [0.717, 1.165) is 24.0 Å². The summed E-state index contributed by atoms with van der Waals surface area (Å²) in [5.74, 6) is 1.11. The second-order valence-electron chi connectivity index (χ2n) is 8.80. The molecular weight excluding hydrogens is 458 g/mol. The summed E-state index contributed by atoms with van der Waals surface area (Å²) >= 11 is 0. The van der Waals surface area contributed by atoms with Gasteiger partial charge in [-0.2, -0.15) is 0 Å². The number of benzene rings is 1. The van der Waals surface area contributed by atoms with E-state index in [1.165, 1.54) is 63.9 Å². The molecule has 3 aromatic rings. The molecule has 0 spiro atoms. The van der Waals surface area contributed by atoms with Crippen LogP contribution in [0.5, 0.6) is 17.6 Å². The number of hydrogen-bond donors (Lipinski definition) is 0. The second kappa shape index (κ2) is 15.5. The number of carbonyl (C=O) groups excluding carboxylic acids is 1. The molecule has 1 aromatic carbocycles. The van der Waals surface area contributed by atoms with Crippen molar-refractivity contribution < 1.29 is 23.5 Å². The van der Waals surface area contributed by atoms with Crippen molar-refractivity contribution in [1.29, 1.82) is 0 Å². The third kappa shape index (κ3) is 9.68. The zero-order chi connectivity index (χ0) is 25.4. The SMILES string of the molecule is CCCCCCCCCCCc1cnc(-c2ccc(OC(=O)Oc3cc(OCCC)no3)cc2)nc1. The molecule has 0 amide bonds. The van der Waals surface area contributed by atoms with Crippen molar-refractivity contribution in [3.63, 3.8) is 0 Å². The molecule has 8 heteroatoms. The smallest absolute Gasteiger partial charge is 0.475 e. The van der Waals surface area contributed by atoms with Gasteiger partial charge in [0.15, 0.2) is 5.82 Å². The van der Waals surface area contributed by atoms with Crippen LogP contribution in [0.15, 0.2) is 47.2 Å². The highest BCUT2D eigenvalue weighted by Crippen LogP contribution is 2.22. The maximum absolute atomic E-state index is 12.0. The fourth-order valence-electron chi connectivity index (χ4n) is 3.71. The van der Waals surface area contributed by atoms with E-state index in [-0.39, 0.29) is 11.8 Å². The van der Waals surface area contributed by atoms with E-state index >= 15 is 0 Å². The van der Waals surface area contributed by atoms with Gasteiger partial charge in [0.25, 0.3) is 5.88 Å². The maximum Gasteiger partial charge on any atom is 0.521 e. The number of ether oxygens (including phenoxy) is 3. The zero-order valence-corrected chi connectivity index (χ0v) is 21.4. The van der Waals surface area contributed by atoms with E-state index in [9.17, 15) is 4.79 Å². The van der Waals surface area contributed by atoms with Crippen LogP contribution in [0.25, 0.3) is 11.4 Å². The lowest BCUT2D eigenvalue weighted by Crippen LogP contribution is -2.13. The van der Waals surface area contributed by atoms with E-state index in [0.29, 0.717) is 18.2 Å². The summed E-state index contributed by atoms with van der Waals surface area (Å²) in [7, 11) is 0. The Kier molecular flexibility index (Phi) is 11.7. The molecule has 0 saturated carbocycles. The summed E-state index contributed by atoms with van der Waals surface area (Å²) in [4.78, 5) is 21.0. The molecule has 0 aliphatic heterocycles. The Balaban J connectivity index is 1.37. The fraction of sp³-hybridized carbons (Fsp3) is 0.500. The molecule has 3 rings (SSSR count). The number of unbranched alkanes of at least 4 members (excludes halogenated alkanes) is 8. The summed E-state index contributed by atoms with van der Waals surface area (Å²) in [6.45, 7) is 4.72. The van der Waals surface area contributed by atoms with Gasteiger partial charge < -0.3 is 18.7 Å². The summed E-state index contributed by atoms with van der Waals surface area (Å²) in [5, 5.41) is 3.66. The van der Waals surface area contributed by atoms with E-state index in [4.69, 9.17) is 18.7 Å². The van der Waals surface area contributed by atoms with Crippen LogP contribution in [0.2, 0.25) is 0 Å². The van der Waals surface area contributed by atoms with E-state index < -0.39 is 6.16 Å². The van der Waals surface area contributed by atoms with Crippen LogP contribution in [0, 0.1) is 0 Å². The molecule has 0 fully saturated rings. The zero-order valence-electron chi connectivity index (χ0n) is 21.4. The predicted molar refractivity (Wildman–Crippen MR) is 137 cm³/mol. The van der Waals surface area contributed by atoms with Crippen molar-refractivity contribution in [2.75, 3.05) is 6.61 Å². The molecule has 8 nitrogen and oxygen atoms in total. The molecule has 0 N–H and O–H groups in total. The van der Waals surface area contributed by atoms with Crippen molar-refractivity contribution in [2.45, 2.75) is 84.5 Å². The quantitative estimate of drug-likeness (QED) is 0.114. The summed E-state index contributed by atoms with van der Waals surface area (Å²) in [6, 6.07) is 8.29. The van der Waals surface area contributed by atoms with Crippen molar-refractivity contribution in [3.05, 3.63) is 48.3 Å². The third-order valence-electron chi connectivity index (χ3n) is 5.69. The molecule has 0 bridgehead atoms. The minimum atomic E-state index is -0.932. The molecule has 194 valence electrons. The van der Waals surface area contributed by atoms with Crippen molar-refractivity contribution in [2.24, 2.45) is 0 Å². The van der Waals surface area contributed by atoms with Crippen molar-refractivity contribution in [3.8, 4) is 29.0 Å². The number of rotatable bonds is 16. The lowest BCUT2D eigenvalue weighted by Gasteiger charge is -2.06. The molecule has 2 aromatic heterocycles. The Morgan fingerprint density at radius 1 is 0.833 bits per heavy atom. The highest BCUT2D eigenvalue weighted by Gasteiger charge is 2.14. The highest BCUT2D eigenvalue weighted by atomic mass is 16.8. The molecular formula is C28H37N3O5. The van der Waals surface area contributed by atoms with Gasteiger partial charge in [-0.3, -0.25) is 0 Å². The van der Waals surface area contributed by atoms with E-state index in [2.05, 4.69) is 22.0 Å². The Hall–Kier alpha value is -3.42. The average molecular weight is 496 g/mol. The summed E-state index contributed by atoms with van der Waals surface area (Å²) in [6.07, 6.45) is 16.5. The molecule has 0 unspecified atom stereocenters. The molecule has 0 saturated heterocycles. The standard InChI is InChI=1S/C28H37N3O5/c1-3-5-6-7-8-9-10-11-12-13-22-20-29-27(30-21-22)23-14-16-24(17-15-23)34-28(32)35-26-19-25(31-36-26)33-18-4-2/h14-17,19-21H,3-13,18H2,1-2H3. The van der Waals surface area contributed by atoms with Crippen LogP contribution in [0.1, 0.15) is 83.6 Å². The van der Waals surface area contributed by atoms with Crippen LogP contribution in [0.4, 0.5) is 4.79 Å². The van der Waals surface area contributed by atoms with Crippen LogP contribution in [-0.2, 0) is 6.42 Å². The first-order valence-corrected chi connectivity index (χ1v) is 13.1. The normalized spacial score (nSPS) is 10.8. The van der Waals surface area contributed by atoms with E-state index in [1.54, 1.807) is 24.3 Å². The van der Waals surface area contributed by atoms with Crippen LogP contribution in [0.3, 0.4) is 0 Å². The largest absolute Gasteiger partial charge is 0.521 e. The Morgan fingerprint density at radius 2 is 1.50 bits per heavy atom. The lowest BCUT2D eigenvalue weighted by molar-refractivity contribution is 0.134. The number of hydrogen-bond acceptors (Lipinski definition) is 8. The highest BCUT2D eigenvalue weighted by molar-refractivity contribution is 5.67. The molecule has 0 atom stereocenters. The van der Waals surface area contributed by atoms with Crippen molar-refractivity contribution >= 4 is 6.16 Å². The van der Waals surface area contributed by atoms with Gasteiger partial charge in [-0.1, -0.05) is 65.2 Å². The van der Waals surface area contributed by atoms with Gasteiger partial charge in [-0.15, -0.1) is 0 Å². The van der Waals surface area contributed by atoms with Gasteiger partial charge in [-0.05, 0) is 54.2 Å². The minimum absolute atomic E-state index is 0.0985. The van der Waals surface area contributed by atoms with Gasteiger partial charge >= 0.3 is 12.1 Å². The van der Waals surface area contributed by atoms with Gasteiger partial charge in [0.2, 0.25) is 0 Å². The van der Waals surface area contributed by atoms with Crippen LogP contribution < -0.4 is 14.2 Å². The van der Waals surface area contributed by atoms with Gasteiger partial charge in [0.1, 0.15) is 5.75 Å². The topological polar surface area (TPSA) is 96.6 Å². The molecule has 36 heavy (non-hydrogen) atoms. The molecule has 0 aliphatic rings. The minimum Gasteiger partial charge on any atom is -0.475 e. The third-order valence-corrected chi connectivity index (χ3v) is 5.69. The Bertz CT molecular complexity index is 1020. The number of carbonyl (C=O) groups is 1. The van der Waals surface area contributed by atoms with Crippen LogP contribution >= 0.6 is 0 Å². The Labute approximate surface area is 213 Å².